The van der Waals surface area contributed by atoms with E-state index in [2.05, 4.69) is 9.89 Å². The number of hydrogen-bond acceptors (Lipinski definition) is 3. The van der Waals surface area contributed by atoms with Gasteiger partial charge in [-0.2, -0.15) is 0 Å². The molecule has 0 spiro atoms. The lowest BCUT2D eigenvalue weighted by molar-refractivity contribution is -0.274. The maximum absolute atomic E-state index is 12.3. The van der Waals surface area contributed by atoms with Crippen LogP contribution in [0.2, 0.25) is 0 Å². The molecule has 0 saturated heterocycles. The molecule has 1 aromatic heterocycles. The second-order valence-corrected chi connectivity index (χ2v) is 3.98. The Morgan fingerprint density at radius 1 is 1.26 bits per heavy atom. The molecular weight excluding hydrogens is 259 g/mol. The Balaban J connectivity index is 2.41. The molecular formula is C13H12F3NO2. The highest BCUT2D eigenvalue weighted by atomic mass is 19.4. The van der Waals surface area contributed by atoms with Gasteiger partial charge in [-0.1, -0.05) is 30.6 Å². The molecule has 0 fully saturated rings. The van der Waals surface area contributed by atoms with Crippen molar-refractivity contribution >= 4 is 0 Å². The number of nitrogens with zero attached hydrogens (tertiary/aromatic N) is 1. The van der Waals surface area contributed by atoms with Crippen molar-refractivity contribution in [1.29, 1.82) is 0 Å². The van der Waals surface area contributed by atoms with Gasteiger partial charge in [-0.15, -0.1) is 13.2 Å². The molecule has 19 heavy (non-hydrogen) atoms. The minimum Gasteiger partial charge on any atom is -0.405 e. The Labute approximate surface area is 108 Å². The number of alkyl halides is 3. The topological polar surface area (TPSA) is 35.3 Å². The van der Waals surface area contributed by atoms with Gasteiger partial charge in [0.25, 0.3) is 0 Å². The van der Waals surface area contributed by atoms with Crippen LogP contribution in [0.1, 0.15) is 18.9 Å². The number of rotatable bonds is 4. The van der Waals surface area contributed by atoms with Crippen molar-refractivity contribution in [2.24, 2.45) is 0 Å². The third-order valence-corrected chi connectivity index (χ3v) is 2.53. The highest BCUT2D eigenvalue weighted by Crippen LogP contribution is 2.34. The fourth-order valence-electron chi connectivity index (χ4n) is 1.80. The number of aryl methyl sites for hydroxylation is 1. The summed E-state index contributed by atoms with van der Waals surface area (Å²) in [6.45, 7) is 1.97. The quantitative estimate of drug-likeness (QED) is 0.836. The van der Waals surface area contributed by atoms with E-state index in [1.165, 1.54) is 24.5 Å². The third kappa shape index (κ3) is 3.27. The van der Waals surface area contributed by atoms with Gasteiger partial charge in [0.2, 0.25) is 0 Å². The molecule has 0 aliphatic rings. The Morgan fingerprint density at radius 3 is 2.68 bits per heavy atom. The highest BCUT2D eigenvalue weighted by molar-refractivity contribution is 5.69. The molecule has 0 radical (unpaired) electrons. The van der Waals surface area contributed by atoms with Gasteiger partial charge in [-0.05, 0) is 18.6 Å². The smallest absolute Gasteiger partial charge is 0.405 e. The first-order valence-corrected chi connectivity index (χ1v) is 5.79. The van der Waals surface area contributed by atoms with Gasteiger partial charge in [0, 0.05) is 11.1 Å². The molecule has 0 saturated carbocycles. The lowest BCUT2D eigenvalue weighted by Crippen LogP contribution is -2.17. The summed E-state index contributed by atoms with van der Waals surface area (Å²) in [5, 5.41) is 3.77. The first-order valence-electron chi connectivity index (χ1n) is 5.79. The number of halogens is 3. The van der Waals surface area contributed by atoms with E-state index in [0.29, 0.717) is 12.1 Å². The number of para-hydroxylation sites is 1. The maximum Gasteiger partial charge on any atom is 0.573 e. The van der Waals surface area contributed by atoms with Crippen LogP contribution in [-0.2, 0) is 6.42 Å². The first kappa shape index (κ1) is 13.5. The van der Waals surface area contributed by atoms with E-state index in [1.807, 2.05) is 6.92 Å². The predicted molar refractivity (Wildman–Crippen MR) is 62.6 cm³/mol. The fourth-order valence-corrected chi connectivity index (χ4v) is 1.80. The molecule has 6 heteroatoms. The average molecular weight is 271 g/mol. The molecule has 1 aromatic carbocycles. The van der Waals surface area contributed by atoms with Crippen LogP contribution in [0.5, 0.6) is 5.75 Å². The number of benzene rings is 1. The summed E-state index contributed by atoms with van der Waals surface area (Å²) in [6.07, 6.45) is -1.76. The van der Waals surface area contributed by atoms with Crippen LogP contribution in [0, 0.1) is 0 Å². The Bertz CT molecular complexity index is 549. The molecule has 2 rings (SSSR count). The summed E-state index contributed by atoms with van der Waals surface area (Å²) in [5.74, 6) is -0.277. The molecule has 1 heterocycles. The largest absolute Gasteiger partial charge is 0.573 e. The summed E-state index contributed by atoms with van der Waals surface area (Å²) < 4.78 is 45.9. The number of hydrogen-bond donors (Lipinski definition) is 0. The molecule has 0 unspecified atom stereocenters. The van der Waals surface area contributed by atoms with Crippen LogP contribution in [0.4, 0.5) is 13.2 Å². The van der Waals surface area contributed by atoms with Crippen LogP contribution < -0.4 is 4.74 Å². The third-order valence-electron chi connectivity index (χ3n) is 2.53. The van der Waals surface area contributed by atoms with Crippen molar-refractivity contribution in [1.82, 2.24) is 5.16 Å². The lowest BCUT2D eigenvalue weighted by Gasteiger charge is -2.12. The monoisotopic (exact) mass is 271 g/mol. The second-order valence-electron chi connectivity index (χ2n) is 3.98. The van der Waals surface area contributed by atoms with Crippen molar-refractivity contribution in [2.45, 2.75) is 26.1 Å². The van der Waals surface area contributed by atoms with Gasteiger partial charge in [-0.3, -0.25) is 0 Å². The highest BCUT2D eigenvalue weighted by Gasteiger charge is 2.32. The van der Waals surface area contributed by atoms with Crippen LogP contribution in [-0.4, -0.2) is 11.5 Å². The molecule has 0 aliphatic heterocycles. The van der Waals surface area contributed by atoms with Crippen LogP contribution in [0.3, 0.4) is 0 Å². The maximum atomic E-state index is 12.3. The Kier molecular flexibility index (Phi) is 3.78. The average Bonchev–Trinajstić information content (AvgIpc) is 2.76. The van der Waals surface area contributed by atoms with Crippen LogP contribution in [0.25, 0.3) is 11.3 Å². The first-order chi connectivity index (χ1) is 9.01. The van der Waals surface area contributed by atoms with E-state index >= 15 is 0 Å². The van der Waals surface area contributed by atoms with Crippen molar-refractivity contribution in [3.63, 3.8) is 0 Å². The van der Waals surface area contributed by atoms with Crippen LogP contribution in [0.15, 0.2) is 35.1 Å². The zero-order valence-corrected chi connectivity index (χ0v) is 10.2. The Morgan fingerprint density at radius 2 is 2.00 bits per heavy atom. The summed E-state index contributed by atoms with van der Waals surface area (Å²) in [4.78, 5) is 0. The Hall–Kier alpha value is -1.98. The van der Waals surface area contributed by atoms with Gasteiger partial charge in [0.1, 0.15) is 17.7 Å². The fraction of sp³-hybridized carbons (Fsp3) is 0.308. The van der Waals surface area contributed by atoms with Crippen molar-refractivity contribution in [2.75, 3.05) is 0 Å². The van der Waals surface area contributed by atoms with Gasteiger partial charge >= 0.3 is 6.36 Å². The van der Waals surface area contributed by atoms with Gasteiger partial charge in [0.05, 0.1) is 0 Å². The van der Waals surface area contributed by atoms with Crippen molar-refractivity contribution < 1.29 is 22.4 Å². The van der Waals surface area contributed by atoms with Crippen molar-refractivity contribution in [3.05, 3.63) is 36.1 Å². The number of aromatic nitrogens is 1. The molecule has 3 nitrogen and oxygen atoms in total. The minimum atomic E-state index is -4.73. The molecule has 0 amide bonds. The molecule has 2 aromatic rings. The normalized spacial score (nSPS) is 11.6. The van der Waals surface area contributed by atoms with Gasteiger partial charge < -0.3 is 9.26 Å². The summed E-state index contributed by atoms with van der Waals surface area (Å²) in [6, 6.07) is 5.89. The zero-order chi connectivity index (χ0) is 13.9. The van der Waals surface area contributed by atoms with E-state index < -0.39 is 6.36 Å². The molecule has 0 bridgehead atoms. The standard InChI is InChI=1S/C13H12F3NO2/c1-2-5-9-8-18-17-12(9)10-6-3-4-7-11(10)19-13(14,15)16/h3-4,6-8H,2,5H2,1H3. The van der Waals surface area contributed by atoms with E-state index in [9.17, 15) is 13.2 Å². The summed E-state index contributed by atoms with van der Waals surface area (Å²) in [7, 11) is 0. The van der Waals surface area contributed by atoms with E-state index in [0.717, 1.165) is 12.0 Å². The zero-order valence-electron chi connectivity index (χ0n) is 10.2. The van der Waals surface area contributed by atoms with E-state index in [1.54, 1.807) is 6.07 Å². The summed E-state index contributed by atoms with van der Waals surface area (Å²) >= 11 is 0. The molecule has 0 atom stereocenters. The van der Waals surface area contributed by atoms with Crippen molar-refractivity contribution in [3.8, 4) is 17.0 Å². The second kappa shape index (κ2) is 5.34. The molecule has 102 valence electrons. The minimum absolute atomic E-state index is 0.275. The lowest BCUT2D eigenvalue weighted by atomic mass is 10.0. The predicted octanol–water partition coefficient (Wildman–Crippen LogP) is 4.19. The van der Waals surface area contributed by atoms with E-state index in [4.69, 9.17) is 4.52 Å². The molecule has 0 N–H and O–H groups in total. The SMILES string of the molecule is CCCc1conc1-c1ccccc1OC(F)(F)F. The van der Waals surface area contributed by atoms with Crippen LogP contribution >= 0.6 is 0 Å². The summed E-state index contributed by atoms with van der Waals surface area (Å²) in [5.41, 5.74) is 1.43. The van der Waals surface area contributed by atoms with Gasteiger partial charge in [0.15, 0.2) is 0 Å². The van der Waals surface area contributed by atoms with E-state index in [-0.39, 0.29) is 11.3 Å². The number of ether oxygens (including phenoxy) is 1. The molecule has 0 aliphatic carbocycles. The van der Waals surface area contributed by atoms with Gasteiger partial charge in [-0.25, -0.2) is 0 Å².